The normalized spacial score (nSPS) is 23.5. The zero-order valence-electron chi connectivity index (χ0n) is 13.6. The number of carbonyl (C=O) groups is 2. The molecular formula is C17H21FN2O4. The second-order valence-electron chi connectivity index (χ2n) is 6.00. The van der Waals surface area contributed by atoms with Crippen LogP contribution in [0.25, 0.3) is 0 Å². The monoisotopic (exact) mass is 336 g/mol. The van der Waals surface area contributed by atoms with Crippen molar-refractivity contribution in [3.63, 3.8) is 0 Å². The zero-order chi connectivity index (χ0) is 17.1. The Balaban J connectivity index is 1.69. The van der Waals surface area contributed by atoms with Crippen molar-refractivity contribution in [1.29, 1.82) is 0 Å². The third-order valence-electron chi connectivity index (χ3n) is 4.43. The fourth-order valence-electron chi connectivity index (χ4n) is 3.14. The first kappa shape index (κ1) is 16.9. The van der Waals surface area contributed by atoms with E-state index in [2.05, 4.69) is 0 Å². The van der Waals surface area contributed by atoms with E-state index in [1.165, 1.54) is 12.1 Å². The SMILES string of the molecule is CCOCC(=O)N1C[C@@H]2[C@@H](C1)OCC(=O)N2Cc1ccc(F)cc1. The van der Waals surface area contributed by atoms with Crippen molar-refractivity contribution in [1.82, 2.24) is 9.80 Å². The number of amides is 2. The van der Waals surface area contributed by atoms with Crippen molar-refractivity contribution < 1.29 is 23.5 Å². The first-order chi connectivity index (χ1) is 11.6. The number of hydrogen-bond donors (Lipinski definition) is 0. The predicted molar refractivity (Wildman–Crippen MR) is 83.6 cm³/mol. The summed E-state index contributed by atoms with van der Waals surface area (Å²) in [5.74, 6) is -0.512. The van der Waals surface area contributed by atoms with Crippen LogP contribution in [0.15, 0.2) is 24.3 Å². The highest BCUT2D eigenvalue weighted by Crippen LogP contribution is 2.25. The Morgan fingerprint density at radius 3 is 2.79 bits per heavy atom. The molecule has 0 radical (unpaired) electrons. The summed E-state index contributed by atoms with van der Waals surface area (Å²) in [6.45, 7) is 3.66. The number of nitrogens with zero attached hydrogens (tertiary/aromatic N) is 2. The highest BCUT2D eigenvalue weighted by molar-refractivity contribution is 5.80. The maximum absolute atomic E-state index is 13.0. The lowest BCUT2D eigenvalue weighted by Gasteiger charge is -2.36. The van der Waals surface area contributed by atoms with E-state index >= 15 is 0 Å². The molecule has 0 N–H and O–H groups in total. The van der Waals surface area contributed by atoms with Gasteiger partial charge in [-0.05, 0) is 24.6 Å². The number of ether oxygens (including phenoxy) is 2. The number of likely N-dealkylation sites (tertiary alicyclic amines) is 1. The molecule has 24 heavy (non-hydrogen) atoms. The second kappa shape index (κ2) is 7.27. The van der Waals surface area contributed by atoms with E-state index in [-0.39, 0.29) is 43.0 Å². The molecule has 0 unspecified atom stereocenters. The molecule has 2 aliphatic rings. The number of rotatable bonds is 5. The molecule has 2 atom stereocenters. The third kappa shape index (κ3) is 3.57. The van der Waals surface area contributed by atoms with Gasteiger partial charge in [0, 0.05) is 26.2 Å². The van der Waals surface area contributed by atoms with E-state index < -0.39 is 0 Å². The summed E-state index contributed by atoms with van der Waals surface area (Å²) in [6, 6.07) is 5.91. The van der Waals surface area contributed by atoms with E-state index in [9.17, 15) is 14.0 Å². The maximum Gasteiger partial charge on any atom is 0.249 e. The van der Waals surface area contributed by atoms with Crippen molar-refractivity contribution >= 4 is 11.8 Å². The Labute approximate surface area is 140 Å². The van der Waals surface area contributed by atoms with E-state index in [1.807, 2.05) is 6.92 Å². The minimum absolute atomic E-state index is 0.00977. The van der Waals surface area contributed by atoms with E-state index in [0.717, 1.165) is 5.56 Å². The Hall–Kier alpha value is -1.99. The van der Waals surface area contributed by atoms with E-state index in [4.69, 9.17) is 9.47 Å². The fourth-order valence-corrected chi connectivity index (χ4v) is 3.14. The molecular weight excluding hydrogens is 315 g/mol. The van der Waals surface area contributed by atoms with Crippen molar-refractivity contribution in [2.75, 3.05) is 32.9 Å². The summed E-state index contributed by atoms with van der Waals surface area (Å²) < 4.78 is 23.8. The molecule has 3 rings (SSSR count). The van der Waals surface area contributed by atoms with Crippen LogP contribution in [0.5, 0.6) is 0 Å². The van der Waals surface area contributed by atoms with Gasteiger partial charge in [-0.2, -0.15) is 0 Å². The minimum atomic E-state index is -0.307. The molecule has 2 amide bonds. The average Bonchev–Trinajstić information content (AvgIpc) is 3.01. The lowest BCUT2D eigenvalue weighted by atomic mass is 10.1. The predicted octanol–water partition coefficient (Wildman–Crippen LogP) is 0.800. The van der Waals surface area contributed by atoms with Gasteiger partial charge in [-0.25, -0.2) is 4.39 Å². The fraction of sp³-hybridized carbons (Fsp3) is 0.529. The molecule has 2 saturated heterocycles. The second-order valence-corrected chi connectivity index (χ2v) is 6.00. The summed E-state index contributed by atoms with van der Waals surface area (Å²) in [6.07, 6.45) is -0.186. The smallest absolute Gasteiger partial charge is 0.249 e. The van der Waals surface area contributed by atoms with Crippen LogP contribution in [-0.2, 0) is 25.6 Å². The summed E-state index contributed by atoms with van der Waals surface area (Å²) in [4.78, 5) is 27.8. The average molecular weight is 336 g/mol. The molecule has 0 spiro atoms. The summed E-state index contributed by atoms with van der Waals surface area (Å²) in [5.41, 5.74) is 0.851. The van der Waals surface area contributed by atoms with Gasteiger partial charge in [0.05, 0.1) is 12.1 Å². The van der Waals surface area contributed by atoms with Crippen LogP contribution in [0.3, 0.4) is 0 Å². The molecule has 6 nitrogen and oxygen atoms in total. The lowest BCUT2D eigenvalue weighted by Crippen LogP contribution is -2.53. The Bertz CT molecular complexity index is 607. The van der Waals surface area contributed by atoms with Crippen molar-refractivity contribution in [2.24, 2.45) is 0 Å². The number of halogens is 1. The van der Waals surface area contributed by atoms with Crippen molar-refractivity contribution in [3.8, 4) is 0 Å². The van der Waals surface area contributed by atoms with Gasteiger partial charge in [0.25, 0.3) is 0 Å². The first-order valence-electron chi connectivity index (χ1n) is 8.09. The largest absolute Gasteiger partial charge is 0.372 e. The third-order valence-corrected chi connectivity index (χ3v) is 4.43. The molecule has 7 heteroatoms. The van der Waals surface area contributed by atoms with Crippen LogP contribution in [-0.4, -0.2) is 66.7 Å². The molecule has 0 aliphatic carbocycles. The molecule has 2 fully saturated rings. The molecule has 1 aromatic rings. The van der Waals surface area contributed by atoms with Crippen LogP contribution < -0.4 is 0 Å². The number of carbonyl (C=O) groups excluding carboxylic acids is 2. The van der Waals surface area contributed by atoms with E-state index in [1.54, 1.807) is 21.9 Å². The summed E-state index contributed by atoms with van der Waals surface area (Å²) in [5, 5.41) is 0. The zero-order valence-corrected chi connectivity index (χ0v) is 13.6. The van der Waals surface area contributed by atoms with Gasteiger partial charge in [0.15, 0.2) is 0 Å². The van der Waals surface area contributed by atoms with Gasteiger partial charge in [-0.3, -0.25) is 9.59 Å². The topological polar surface area (TPSA) is 59.1 Å². The number of fused-ring (bicyclic) bond motifs is 1. The molecule has 0 aromatic heterocycles. The van der Waals surface area contributed by atoms with Gasteiger partial charge in [0.2, 0.25) is 11.8 Å². The Kier molecular flexibility index (Phi) is 5.11. The maximum atomic E-state index is 13.0. The Morgan fingerprint density at radius 1 is 1.33 bits per heavy atom. The minimum Gasteiger partial charge on any atom is -0.372 e. The standard InChI is InChI=1S/C17H21FN2O4/c1-2-23-10-16(21)19-8-14-15(9-19)24-11-17(22)20(14)7-12-3-5-13(18)6-4-12/h3-6,14-15H,2,7-11H2,1H3/t14-,15-/m1/s1. The molecule has 0 bridgehead atoms. The first-order valence-corrected chi connectivity index (χ1v) is 8.09. The van der Waals surface area contributed by atoms with Gasteiger partial charge < -0.3 is 19.3 Å². The number of hydrogen-bond acceptors (Lipinski definition) is 4. The number of morpholine rings is 1. The lowest BCUT2D eigenvalue weighted by molar-refractivity contribution is -0.153. The van der Waals surface area contributed by atoms with Gasteiger partial charge in [-0.1, -0.05) is 12.1 Å². The van der Waals surface area contributed by atoms with Crippen LogP contribution in [0.1, 0.15) is 12.5 Å². The summed E-state index contributed by atoms with van der Waals surface area (Å²) >= 11 is 0. The van der Waals surface area contributed by atoms with Gasteiger partial charge in [0.1, 0.15) is 19.0 Å². The van der Waals surface area contributed by atoms with Crippen LogP contribution in [0, 0.1) is 5.82 Å². The van der Waals surface area contributed by atoms with Crippen molar-refractivity contribution in [2.45, 2.75) is 25.6 Å². The molecule has 1 aromatic carbocycles. The highest BCUT2D eigenvalue weighted by Gasteiger charge is 2.44. The molecule has 2 aliphatic heterocycles. The van der Waals surface area contributed by atoms with Crippen LogP contribution in [0.2, 0.25) is 0 Å². The number of benzene rings is 1. The highest BCUT2D eigenvalue weighted by atomic mass is 19.1. The summed E-state index contributed by atoms with van der Waals surface area (Å²) in [7, 11) is 0. The molecule has 0 saturated carbocycles. The van der Waals surface area contributed by atoms with E-state index in [0.29, 0.717) is 26.2 Å². The quantitative estimate of drug-likeness (QED) is 0.798. The molecule has 2 heterocycles. The molecule has 130 valence electrons. The van der Waals surface area contributed by atoms with Gasteiger partial charge in [-0.15, -0.1) is 0 Å². The van der Waals surface area contributed by atoms with Crippen LogP contribution in [0.4, 0.5) is 4.39 Å². The van der Waals surface area contributed by atoms with Gasteiger partial charge >= 0.3 is 0 Å². The van der Waals surface area contributed by atoms with Crippen LogP contribution >= 0.6 is 0 Å². The Morgan fingerprint density at radius 2 is 2.08 bits per heavy atom. The van der Waals surface area contributed by atoms with Crippen molar-refractivity contribution in [3.05, 3.63) is 35.6 Å².